The summed E-state index contributed by atoms with van der Waals surface area (Å²) in [5, 5.41) is 0. The van der Waals surface area contributed by atoms with E-state index in [4.69, 9.17) is 9.79 Å². The van der Waals surface area contributed by atoms with Gasteiger partial charge in [-0.15, -0.1) is 0 Å². The second-order valence-electron chi connectivity index (χ2n) is 2.29. The molecule has 2 unspecified atom stereocenters. The Morgan fingerprint density at radius 3 is 1.50 bits per heavy atom. The molecule has 0 fully saturated rings. The molecular formula is C7H18N2O5P2. The van der Waals surface area contributed by atoms with Gasteiger partial charge in [-0.1, -0.05) is 35.9 Å². The zero-order chi connectivity index (χ0) is 11.0. The number of hydrogen-bond acceptors (Lipinski definition) is 5. The summed E-state index contributed by atoms with van der Waals surface area (Å²) in [6.07, 6.45) is 0. The maximum atomic E-state index is 9.44. The SMILES string of the molecule is Cc1ccccc1.N.N.O=[PH](O)O[PH](=O)O. The van der Waals surface area contributed by atoms with Crippen LogP contribution in [0.2, 0.25) is 0 Å². The van der Waals surface area contributed by atoms with Crippen molar-refractivity contribution in [1.29, 1.82) is 0 Å². The Bertz CT molecular complexity index is 297. The van der Waals surface area contributed by atoms with Crippen LogP contribution in [0.4, 0.5) is 0 Å². The van der Waals surface area contributed by atoms with Crippen molar-refractivity contribution in [3.63, 3.8) is 0 Å². The van der Waals surface area contributed by atoms with Crippen molar-refractivity contribution in [1.82, 2.24) is 12.3 Å². The predicted molar refractivity (Wildman–Crippen MR) is 64.7 cm³/mol. The fourth-order valence-corrected chi connectivity index (χ4v) is 1.21. The molecule has 0 spiro atoms. The minimum Gasteiger partial charge on any atom is -0.344 e. The minimum atomic E-state index is -3.20. The predicted octanol–water partition coefficient (Wildman–Crippen LogP) is 2.09. The van der Waals surface area contributed by atoms with Crippen LogP contribution < -0.4 is 12.3 Å². The first kappa shape index (κ1) is 20.8. The van der Waals surface area contributed by atoms with E-state index in [1.165, 1.54) is 5.56 Å². The molecule has 96 valence electrons. The first-order valence-corrected chi connectivity index (χ1v) is 6.20. The maximum Gasteiger partial charge on any atom is 0.323 e. The Kier molecular flexibility index (Phi) is 16.3. The van der Waals surface area contributed by atoms with Gasteiger partial charge >= 0.3 is 16.5 Å². The Morgan fingerprint density at radius 1 is 1.00 bits per heavy atom. The highest BCUT2D eigenvalue weighted by Gasteiger charge is 1.93. The number of benzene rings is 1. The Morgan fingerprint density at radius 2 is 1.38 bits per heavy atom. The molecule has 1 aromatic carbocycles. The summed E-state index contributed by atoms with van der Waals surface area (Å²) >= 11 is 0. The Labute approximate surface area is 95.5 Å². The third-order valence-corrected chi connectivity index (χ3v) is 2.51. The minimum absolute atomic E-state index is 0. The van der Waals surface area contributed by atoms with Crippen LogP contribution in [0, 0.1) is 6.92 Å². The fraction of sp³-hybridized carbons (Fsp3) is 0.143. The summed E-state index contributed by atoms with van der Waals surface area (Å²) < 4.78 is 22.3. The van der Waals surface area contributed by atoms with Crippen molar-refractivity contribution in [2.75, 3.05) is 0 Å². The number of rotatable bonds is 2. The third-order valence-electron chi connectivity index (χ3n) is 1.12. The Balaban J connectivity index is -0.000000188. The summed E-state index contributed by atoms with van der Waals surface area (Å²) in [5.74, 6) is 0. The lowest BCUT2D eigenvalue weighted by atomic mass is 10.2. The topological polar surface area (TPSA) is 154 Å². The van der Waals surface area contributed by atoms with Gasteiger partial charge in [-0.2, -0.15) is 0 Å². The lowest BCUT2D eigenvalue weighted by molar-refractivity contribution is 0.371. The molecule has 0 aliphatic heterocycles. The molecular weight excluding hydrogens is 254 g/mol. The lowest BCUT2D eigenvalue weighted by Crippen LogP contribution is -1.62. The average Bonchev–Trinajstić information content (AvgIpc) is 2.03. The summed E-state index contributed by atoms with van der Waals surface area (Å²) in [6.45, 7) is 2.08. The van der Waals surface area contributed by atoms with Gasteiger partial charge in [-0.05, 0) is 6.92 Å². The number of aryl methyl sites for hydroxylation is 1. The summed E-state index contributed by atoms with van der Waals surface area (Å²) in [5.41, 5.74) is 1.32. The molecule has 7 nitrogen and oxygen atoms in total. The van der Waals surface area contributed by atoms with Crippen molar-refractivity contribution in [3.05, 3.63) is 35.9 Å². The van der Waals surface area contributed by atoms with Crippen LogP contribution >= 0.6 is 16.5 Å². The molecule has 9 heteroatoms. The van der Waals surface area contributed by atoms with Crippen LogP contribution in [0.15, 0.2) is 30.3 Å². The average molecular weight is 272 g/mol. The molecule has 2 atom stereocenters. The summed E-state index contributed by atoms with van der Waals surface area (Å²) in [6, 6.07) is 10.3. The van der Waals surface area contributed by atoms with Gasteiger partial charge in [0.1, 0.15) is 0 Å². The maximum absolute atomic E-state index is 9.44. The van der Waals surface area contributed by atoms with E-state index in [9.17, 15) is 9.13 Å². The molecule has 0 heterocycles. The van der Waals surface area contributed by atoms with E-state index in [1.54, 1.807) is 0 Å². The summed E-state index contributed by atoms with van der Waals surface area (Å²) in [4.78, 5) is 15.4. The second kappa shape index (κ2) is 12.5. The van der Waals surface area contributed by atoms with Gasteiger partial charge < -0.3 is 22.1 Å². The highest BCUT2D eigenvalue weighted by molar-refractivity contribution is 7.46. The van der Waals surface area contributed by atoms with E-state index in [2.05, 4.69) is 23.4 Å². The van der Waals surface area contributed by atoms with E-state index < -0.39 is 16.5 Å². The quantitative estimate of drug-likeness (QED) is 0.600. The first-order chi connectivity index (χ1) is 6.52. The van der Waals surface area contributed by atoms with Crippen molar-refractivity contribution in [2.45, 2.75) is 6.92 Å². The highest BCUT2D eigenvalue weighted by Crippen LogP contribution is 2.30. The van der Waals surface area contributed by atoms with Gasteiger partial charge in [0.25, 0.3) is 0 Å². The molecule has 0 saturated heterocycles. The van der Waals surface area contributed by atoms with Crippen molar-refractivity contribution < 1.29 is 23.2 Å². The van der Waals surface area contributed by atoms with E-state index in [0.29, 0.717) is 0 Å². The van der Waals surface area contributed by atoms with E-state index in [-0.39, 0.29) is 12.3 Å². The summed E-state index contributed by atoms with van der Waals surface area (Å²) in [7, 11) is -6.40. The molecule has 0 aromatic heterocycles. The zero-order valence-corrected chi connectivity index (χ0v) is 10.9. The zero-order valence-electron chi connectivity index (χ0n) is 8.92. The van der Waals surface area contributed by atoms with E-state index in [1.807, 2.05) is 18.2 Å². The third kappa shape index (κ3) is 15.9. The Hall–Kier alpha value is -0.520. The van der Waals surface area contributed by atoms with Gasteiger partial charge in [0.2, 0.25) is 0 Å². The normalized spacial score (nSPS) is 11.9. The molecule has 8 N–H and O–H groups in total. The first-order valence-electron chi connectivity index (χ1n) is 3.67. The largest absolute Gasteiger partial charge is 0.344 e. The molecule has 0 bridgehead atoms. The van der Waals surface area contributed by atoms with Gasteiger partial charge in [-0.25, -0.2) is 4.31 Å². The van der Waals surface area contributed by atoms with Crippen LogP contribution in [-0.2, 0) is 13.4 Å². The smallest absolute Gasteiger partial charge is 0.323 e. The van der Waals surface area contributed by atoms with Crippen molar-refractivity contribution in [3.8, 4) is 0 Å². The van der Waals surface area contributed by atoms with Crippen LogP contribution in [0.3, 0.4) is 0 Å². The molecule has 16 heavy (non-hydrogen) atoms. The number of hydrogen-bond donors (Lipinski definition) is 4. The second-order valence-corrected chi connectivity index (χ2v) is 4.17. The van der Waals surface area contributed by atoms with Crippen LogP contribution in [0.25, 0.3) is 0 Å². The van der Waals surface area contributed by atoms with Crippen LogP contribution in [0.1, 0.15) is 5.56 Å². The molecule has 0 amide bonds. The van der Waals surface area contributed by atoms with Gasteiger partial charge in [0.15, 0.2) is 0 Å². The molecule has 0 saturated carbocycles. The molecule has 0 aliphatic carbocycles. The molecule has 0 radical (unpaired) electrons. The van der Waals surface area contributed by atoms with Gasteiger partial charge in [-0.3, -0.25) is 9.13 Å². The van der Waals surface area contributed by atoms with E-state index in [0.717, 1.165) is 0 Å². The molecule has 1 rings (SSSR count). The van der Waals surface area contributed by atoms with Crippen LogP contribution in [-0.4, -0.2) is 9.79 Å². The van der Waals surface area contributed by atoms with Crippen molar-refractivity contribution >= 4 is 16.5 Å². The molecule has 1 aromatic rings. The fourth-order valence-electron chi connectivity index (χ4n) is 0.609. The van der Waals surface area contributed by atoms with Gasteiger partial charge in [0, 0.05) is 0 Å². The van der Waals surface area contributed by atoms with Crippen molar-refractivity contribution in [2.24, 2.45) is 0 Å². The van der Waals surface area contributed by atoms with Crippen LogP contribution in [0.5, 0.6) is 0 Å². The molecule has 0 aliphatic rings. The lowest BCUT2D eigenvalue weighted by Gasteiger charge is -1.86. The monoisotopic (exact) mass is 272 g/mol. The van der Waals surface area contributed by atoms with Gasteiger partial charge in [0.05, 0.1) is 0 Å². The van der Waals surface area contributed by atoms with E-state index >= 15 is 0 Å². The standard InChI is InChI=1S/C7H8.2H3N.H4O5P2/c1-7-5-3-2-4-6-7;;;1-6(2)5-7(3)4/h2-6H,1H3;2*1H3;6-7H,(H,1,2)(H,3,4). The highest BCUT2D eigenvalue weighted by atomic mass is 31.2.